The summed E-state index contributed by atoms with van der Waals surface area (Å²) < 4.78 is 50.6. The van der Waals surface area contributed by atoms with E-state index < -0.39 is 33.9 Å². The average Bonchev–Trinajstić information content (AvgIpc) is 2.14. The lowest BCUT2D eigenvalue weighted by Crippen LogP contribution is -2.14. The Morgan fingerprint density at radius 3 is 2.38 bits per heavy atom. The van der Waals surface area contributed by atoms with E-state index >= 15 is 0 Å². The summed E-state index contributed by atoms with van der Waals surface area (Å²) in [6.07, 6.45) is -4.93. The molecule has 16 heavy (non-hydrogen) atoms. The van der Waals surface area contributed by atoms with Crippen molar-refractivity contribution < 1.29 is 22.4 Å². The van der Waals surface area contributed by atoms with Crippen LogP contribution in [0.25, 0.3) is 0 Å². The second kappa shape index (κ2) is 4.71. The second-order valence-electron chi connectivity index (χ2n) is 2.84. The first kappa shape index (κ1) is 13.4. The van der Waals surface area contributed by atoms with Crippen LogP contribution in [-0.2, 0) is 6.18 Å². The lowest BCUT2D eigenvalue weighted by atomic mass is 10.1. The predicted octanol–water partition coefficient (Wildman–Crippen LogP) is 4.08. The molecule has 1 aromatic carbocycles. The minimum Gasteiger partial charge on any atom is -0.293 e. The molecule has 0 aliphatic heterocycles. The highest BCUT2D eigenvalue weighted by atomic mass is 79.9. The third kappa shape index (κ3) is 2.55. The molecular formula is C9H4BrClF4O. The molecule has 0 spiro atoms. The Morgan fingerprint density at radius 1 is 1.38 bits per heavy atom. The van der Waals surface area contributed by atoms with Gasteiger partial charge in [-0.2, -0.15) is 13.2 Å². The molecule has 0 saturated heterocycles. The highest BCUT2D eigenvalue weighted by Crippen LogP contribution is 2.37. The van der Waals surface area contributed by atoms with Gasteiger partial charge in [0.1, 0.15) is 11.4 Å². The van der Waals surface area contributed by atoms with E-state index in [0.29, 0.717) is 0 Å². The van der Waals surface area contributed by atoms with Crippen molar-refractivity contribution in [3.8, 4) is 0 Å². The lowest BCUT2D eigenvalue weighted by molar-refractivity contribution is -0.139. The first-order chi connectivity index (χ1) is 7.29. The maximum absolute atomic E-state index is 13.4. The van der Waals surface area contributed by atoms with Crippen LogP contribution in [0.15, 0.2) is 12.1 Å². The van der Waals surface area contributed by atoms with Gasteiger partial charge in [-0.05, 0) is 12.1 Å². The monoisotopic (exact) mass is 318 g/mol. The Labute approximate surface area is 102 Å². The first-order valence-corrected chi connectivity index (χ1v) is 5.43. The normalized spacial score (nSPS) is 11.6. The Hall–Kier alpha value is -0.620. The topological polar surface area (TPSA) is 17.1 Å². The maximum Gasteiger partial charge on any atom is 0.420 e. The van der Waals surface area contributed by atoms with Crippen molar-refractivity contribution in [3.05, 3.63) is 34.1 Å². The van der Waals surface area contributed by atoms with E-state index in [-0.39, 0.29) is 5.33 Å². The lowest BCUT2D eigenvalue weighted by Gasteiger charge is -2.11. The Bertz CT molecular complexity index is 430. The molecule has 1 rings (SSSR count). The third-order valence-corrected chi connectivity index (χ3v) is 2.62. The van der Waals surface area contributed by atoms with Gasteiger partial charge in [-0.15, -0.1) is 0 Å². The highest BCUT2D eigenvalue weighted by Gasteiger charge is 2.38. The van der Waals surface area contributed by atoms with E-state index in [9.17, 15) is 22.4 Å². The van der Waals surface area contributed by atoms with Gasteiger partial charge in [-0.25, -0.2) is 4.39 Å². The molecule has 7 heteroatoms. The zero-order valence-corrected chi connectivity index (χ0v) is 9.88. The van der Waals surface area contributed by atoms with Gasteiger partial charge >= 0.3 is 6.18 Å². The van der Waals surface area contributed by atoms with Crippen LogP contribution in [0.2, 0.25) is 5.02 Å². The number of rotatable bonds is 2. The summed E-state index contributed by atoms with van der Waals surface area (Å²) in [5, 5.41) is -1.03. The van der Waals surface area contributed by atoms with Gasteiger partial charge in [0.05, 0.1) is 15.9 Å². The summed E-state index contributed by atoms with van der Waals surface area (Å²) in [6, 6.07) is 1.78. The van der Waals surface area contributed by atoms with E-state index in [4.69, 9.17) is 11.6 Å². The summed E-state index contributed by atoms with van der Waals surface area (Å²) in [4.78, 5) is 11.1. The number of halogens is 6. The molecular weight excluding hydrogens is 315 g/mol. The van der Waals surface area contributed by atoms with Gasteiger partial charge in [-0.1, -0.05) is 27.5 Å². The molecule has 0 aliphatic rings. The first-order valence-electron chi connectivity index (χ1n) is 3.93. The van der Waals surface area contributed by atoms with Crippen LogP contribution in [0.4, 0.5) is 17.6 Å². The van der Waals surface area contributed by atoms with E-state index in [1.807, 2.05) is 0 Å². The van der Waals surface area contributed by atoms with Crippen LogP contribution in [0, 0.1) is 5.82 Å². The summed E-state index contributed by atoms with van der Waals surface area (Å²) in [5.74, 6) is -2.41. The van der Waals surface area contributed by atoms with E-state index in [2.05, 4.69) is 15.9 Å². The van der Waals surface area contributed by atoms with Crippen LogP contribution < -0.4 is 0 Å². The second-order valence-corrected chi connectivity index (χ2v) is 3.81. The smallest absolute Gasteiger partial charge is 0.293 e. The van der Waals surface area contributed by atoms with Crippen molar-refractivity contribution in [1.29, 1.82) is 0 Å². The number of alkyl halides is 4. The number of carbonyl (C=O) groups excluding carboxylic acids is 1. The molecule has 0 aliphatic carbocycles. The molecule has 88 valence electrons. The molecule has 0 heterocycles. The van der Waals surface area contributed by atoms with Gasteiger partial charge in [0.25, 0.3) is 0 Å². The van der Waals surface area contributed by atoms with Crippen molar-refractivity contribution in [1.82, 2.24) is 0 Å². The molecule has 1 aromatic rings. The summed E-state index contributed by atoms with van der Waals surface area (Å²) >= 11 is 8.00. The van der Waals surface area contributed by atoms with Crippen molar-refractivity contribution in [2.24, 2.45) is 0 Å². The fraction of sp³-hybridized carbons (Fsp3) is 0.222. The molecule has 0 fully saturated rings. The van der Waals surface area contributed by atoms with Crippen molar-refractivity contribution in [2.45, 2.75) is 6.18 Å². The van der Waals surface area contributed by atoms with E-state index in [1.54, 1.807) is 0 Å². The number of ketones is 1. The number of hydrogen-bond acceptors (Lipinski definition) is 1. The molecule has 0 bridgehead atoms. The number of benzene rings is 1. The maximum atomic E-state index is 13.4. The standard InChI is InChI=1S/C9H4BrClF4O/c10-3-6(16)4-1-2-5(11)7(8(4)12)9(13,14)15/h1-2H,3H2. The number of carbonyl (C=O) groups is 1. The predicted molar refractivity (Wildman–Crippen MR) is 54.5 cm³/mol. The minimum atomic E-state index is -4.93. The molecule has 0 aromatic heterocycles. The molecule has 0 amide bonds. The fourth-order valence-corrected chi connectivity index (χ4v) is 1.65. The van der Waals surface area contributed by atoms with Crippen LogP contribution >= 0.6 is 27.5 Å². The third-order valence-electron chi connectivity index (χ3n) is 1.80. The molecule has 0 radical (unpaired) electrons. The molecule has 0 atom stereocenters. The van der Waals surface area contributed by atoms with Crippen LogP contribution in [-0.4, -0.2) is 11.1 Å². The van der Waals surface area contributed by atoms with Gasteiger partial charge in [0.15, 0.2) is 5.78 Å². The van der Waals surface area contributed by atoms with Crippen LogP contribution in [0.3, 0.4) is 0 Å². The Balaban J connectivity index is 3.45. The number of hydrogen-bond donors (Lipinski definition) is 0. The fourth-order valence-electron chi connectivity index (χ4n) is 1.10. The van der Waals surface area contributed by atoms with Crippen LogP contribution in [0.5, 0.6) is 0 Å². The van der Waals surface area contributed by atoms with E-state index in [1.165, 1.54) is 0 Å². The largest absolute Gasteiger partial charge is 0.420 e. The molecule has 0 saturated carbocycles. The molecule has 0 N–H and O–H groups in total. The van der Waals surface area contributed by atoms with Crippen molar-refractivity contribution in [3.63, 3.8) is 0 Å². The SMILES string of the molecule is O=C(CBr)c1ccc(Cl)c(C(F)(F)F)c1F. The highest BCUT2D eigenvalue weighted by molar-refractivity contribution is 9.09. The Kier molecular flexibility index (Phi) is 3.96. The quantitative estimate of drug-likeness (QED) is 0.456. The summed E-state index contributed by atoms with van der Waals surface area (Å²) in [5.41, 5.74) is -2.24. The van der Waals surface area contributed by atoms with E-state index in [0.717, 1.165) is 12.1 Å². The van der Waals surface area contributed by atoms with Gasteiger partial charge < -0.3 is 0 Å². The van der Waals surface area contributed by atoms with Gasteiger partial charge in [0, 0.05) is 0 Å². The Morgan fingerprint density at radius 2 is 1.94 bits per heavy atom. The zero-order chi connectivity index (χ0) is 12.5. The minimum absolute atomic E-state index is 0.261. The molecule has 0 unspecified atom stereocenters. The summed E-state index contributed by atoms with van der Waals surface area (Å²) in [6.45, 7) is 0. The average molecular weight is 319 g/mol. The zero-order valence-electron chi connectivity index (χ0n) is 7.54. The van der Waals surface area contributed by atoms with Crippen LogP contribution in [0.1, 0.15) is 15.9 Å². The van der Waals surface area contributed by atoms with Crippen molar-refractivity contribution in [2.75, 3.05) is 5.33 Å². The van der Waals surface area contributed by atoms with Gasteiger partial charge in [0.2, 0.25) is 0 Å². The summed E-state index contributed by atoms with van der Waals surface area (Å²) in [7, 11) is 0. The van der Waals surface area contributed by atoms with Gasteiger partial charge in [-0.3, -0.25) is 4.79 Å². The molecule has 1 nitrogen and oxygen atoms in total. The number of Topliss-reactive ketones (excluding diaryl/α,β-unsaturated/α-hetero) is 1. The van der Waals surface area contributed by atoms with Crippen molar-refractivity contribution >= 4 is 33.3 Å².